The Morgan fingerprint density at radius 2 is 1.65 bits per heavy atom. The van der Waals surface area contributed by atoms with E-state index in [0.29, 0.717) is 16.8 Å². The summed E-state index contributed by atoms with van der Waals surface area (Å²) in [4.78, 5) is 35.2. The molecular weight excluding hydrogens is 292 g/mol. The van der Waals surface area contributed by atoms with Gasteiger partial charge in [0.25, 0.3) is 5.91 Å². The van der Waals surface area contributed by atoms with Gasteiger partial charge in [0.1, 0.15) is 0 Å². The normalized spacial score (nSPS) is 11.6. The van der Waals surface area contributed by atoms with E-state index >= 15 is 0 Å². The van der Waals surface area contributed by atoms with E-state index < -0.39 is 6.04 Å². The van der Waals surface area contributed by atoms with Gasteiger partial charge in [0.2, 0.25) is 6.04 Å². The highest BCUT2D eigenvalue weighted by Crippen LogP contribution is 2.12. The fraction of sp³-hybridized carbons (Fsp3) is 0.222. The van der Waals surface area contributed by atoms with Crippen molar-refractivity contribution in [2.75, 3.05) is 5.32 Å². The molecule has 2 aromatic rings. The molecule has 0 aliphatic carbocycles. The van der Waals surface area contributed by atoms with E-state index in [4.69, 9.17) is 0 Å². The number of ketones is 2. The van der Waals surface area contributed by atoms with Crippen LogP contribution < -0.4 is 9.88 Å². The summed E-state index contributed by atoms with van der Waals surface area (Å²) in [5.41, 5.74) is 1.66. The molecule has 1 heterocycles. The first-order valence-electron chi connectivity index (χ1n) is 7.32. The van der Waals surface area contributed by atoms with Crippen molar-refractivity contribution < 1.29 is 19.0 Å². The van der Waals surface area contributed by atoms with Crippen LogP contribution in [0, 0.1) is 0 Å². The predicted molar refractivity (Wildman–Crippen MR) is 86.4 cm³/mol. The summed E-state index contributed by atoms with van der Waals surface area (Å²) in [7, 11) is 0. The first-order chi connectivity index (χ1) is 10.9. The lowest BCUT2D eigenvalue weighted by molar-refractivity contribution is -0.705. The summed E-state index contributed by atoms with van der Waals surface area (Å²) in [5, 5.41) is 2.79. The highest BCUT2D eigenvalue weighted by atomic mass is 16.2. The minimum absolute atomic E-state index is 0.0545. The molecule has 0 bridgehead atoms. The number of amides is 1. The SMILES string of the molecule is CC(=O)c1cccc(NC(=O)[C@H](C)[n+]2cccc(C(C)=O)c2)c1. The highest BCUT2D eigenvalue weighted by Gasteiger charge is 2.23. The summed E-state index contributed by atoms with van der Waals surface area (Å²) in [6.45, 7) is 4.71. The standard InChI is InChI=1S/C18H18N2O3/c1-12(20-9-5-7-16(11-20)14(3)22)18(23)19-17-8-4-6-15(10-17)13(2)21/h4-12H,1-3H3/p+1/t12-/m0/s1. The van der Waals surface area contributed by atoms with Gasteiger partial charge in [0.05, 0.1) is 5.56 Å². The maximum Gasteiger partial charge on any atom is 0.293 e. The molecule has 5 heteroatoms. The number of benzene rings is 1. The fourth-order valence-electron chi connectivity index (χ4n) is 2.14. The molecule has 0 spiro atoms. The molecule has 0 aliphatic heterocycles. The van der Waals surface area contributed by atoms with Crippen LogP contribution in [-0.4, -0.2) is 17.5 Å². The predicted octanol–water partition coefficient (Wildman–Crippen LogP) is 2.58. The van der Waals surface area contributed by atoms with Crippen molar-refractivity contribution in [2.45, 2.75) is 26.8 Å². The molecule has 0 aliphatic rings. The van der Waals surface area contributed by atoms with Crippen molar-refractivity contribution in [1.29, 1.82) is 0 Å². The number of carbonyl (C=O) groups is 3. The molecule has 0 fully saturated rings. The zero-order chi connectivity index (χ0) is 17.0. The Kier molecular flexibility index (Phi) is 5.01. The topological polar surface area (TPSA) is 67.1 Å². The molecule has 0 saturated carbocycles. The first-order valence-corrected chi connectivity index (χ1v) is 7.32. The third kappa shape index (κ3) is 4.10. The molecule has 1 amide bonds. The van der Waals surface area contributed by atoms with E-state index in [1.165, 1.54) is 13.8 Å². The Morgan fingerprint density at radius 1 is 1.00 bits per heavy atom. The van der Waals surface area contributed by atoms with Gasteiger partial charge in [-0.15, -0.1) is 0 Å². The number of hydrogen-bond acceptors (Lipinski definition) is 3. The van der Waals surface area contributed by atoms with Gasteiger partial charge < -0.3 is 5.32 Å². The molecule has 0 radical (unpaired) electrons. The zero-order valence-electron chi connectivity index (χ0n) is 13.4. The Morgan fingerprint density at radius 3 is 2.30 bits per heavy atom. The van der Waals surface area contributed by atoms with Crippen LogP contribution in [0.5, 0.6) is 0 Å². The molecule has 0 unspecified atom stereocenters. The van der Waals surface area contributed by atoms with Crippen LogP contribution in [0.2, 0.25) is 0 Å². The number of pyridine rings is 1. The molecular formula is C18H19N2O3+. The van der Waals surface area contributed by atoms with Gasteiger partial charge in [0, 0.05) is 24.2 Å². The number of hydrogen-bond donors (Lipinski definition) is 1. The Bertz CT molecular complexity index is 768. The van der Waals surface area contributed by atoms with E-state index in [1.807, 2.05) is 0 Å². The molecule has 5 nitrogen and oxygen atoms in total. The smallest absolute Gasteiger partial charge is 0.293 e. The van der Waals surface area contributed by atoms with Crippen LogP contribution in [0.15, 0.2) is 48.8 Å². The maximum atomic E-state index is 12.4. The van der Waals surface area contributed by atoms with Crippen molar-refractivity contribution >= 4 is 23.2 Å². The third-order valence-corrected chi connectivity index (χ3v) is 3.59. The van der Waals surface area contributed by atoms with E-state index in [2.05, 4.69) is 5.32 Å². The van der Waals surface area contributed by atoms with Crippen LogP contribution in [0.25, 0.3) is 0 Å². The number of anilines is 1. The number of nitrogens with zero attached hydrogens (tertiary/aromatic N) is 1. The average Bonchev–Trinajstić information content (AvgIpc) is 2.54. The van der Waals surface area contributed by atoms with E-state index in [0.717, 1.165) is 0 Å². The minimum atomic E-state index is -0.490. The Balaban J connectivity index is 2.17. The van der Waals surface area contributed by atoms with Gasteiger partial charge in [-0.05, 0) is 32.0 Å². The number of nitrogens with one attached hydrogen (secondary N) is 1. The van der Waals surface area contributed by atoms with Gasteiger partial charge in [-0.2, -0.15) is 4.57 Å². The summed E-state index contributed by atoms with van der Waals surface area (Å²) >= 11 is 0. The molecule has 23 heavy (non-hydrogen) atoms. The molecule has 0 saturated heterocycles. The molecule has 118 valence electrons. The van der Waals surface area contributed by atoms with Gasteiger partial charge in [-0.3, -0.25) is 14.4 Å². The van der Waals surface area contributed by atoms with E-state index in [9.17, 15) is 14.4 Å². The minimum Gasteiger partial charge on any atom is -0.320 e. The number of aromatic nitrogens is 1. The van der Waals surface area contributed by atoms with Crippen molar-refractivity contribution in [2.24, 2.45) is 0 Å². The van der Waals surface area contributed by atoms with Gasteiger partial charge >= 0.3 is 0 Å². The Labute approximate surface area is 135 Å². The molecule has 1 N–H and O–H groups in total. The number of carbonyl (C=O) groups excluding carboxylic acids is 3. The van der Waals surface area contributed by atoms with Crippen LogP contribution in [0.4, 0.5) is 5.69 Å². The molecule has 1 atom stereocenters. The Hall–Kier alpha value is -2.82. The summed E-state index contributed by atoms with van der Waals surface area (Å²) in [6, 6.07) is 9.75. The fourth-order valence-corrected chi connectivity index (χ4v) is 2.14. The molecule has 1 aromatic carbocycles. The highest BCUT2D eigenvalue weighted by molar-refractivity contribution is 5.97. The monoisotopic (exact) mass is 311 g/mol. The lowest BCUT2D eigenvalue weighted by atomic mass is 10.1. The third-order valence-electron chi connectivity index (χ3n) is 3.59. The van der Waals surface area contributed by atoms with Crippen molar-refractivity contribution in [3.63, 3.8) is 0 Å². The number of rotatable bonds is 5. The van der Waals surface area contributed by atoms with E-state index in [1.54, 1.807) is 60.3 Å². The summed E-state index contributed by atoms with van der Waals surface area (Å²) in [6.07, 6.45) is 3.39. The molecule has 1 aromatic heterocycles. The average molecular weight is 311 g/mol. The van der Waals surface area contributed by atoms with Crippen LogP contribution in [0.1, 0.15) is 47.5 Å². The largest absolute Gasteiger partial charge is 0.320 e. The van der Waals surface area contributed by atoms with Gasteiger partial charge in [-0.1, -0.05) is 12.1 Å². The quantitative estimate of drug-likeness (QED) is 0.681. The summed E-state index contributed by atoms with van der Waals surface area (Å²) in [5.74, 6) is -0.338. The van der Waals surface area contributed by atoms with Crippen LogP contribution >= 0.6 is 0 Å². The van der Waals surface area contributed by atoms with Crippen molar-refractivity contribution in [3.05, 3.63) is 59.9 Å². The molecule has 2 rings (SSSR count). The van der Waals surface area contributed by atoms with Gasteiger partial charge in [-0.25, -0.2) is 0 Å². The lowest BCUT2D eigenvalue weighted by Crippen LogP contribution is -2.44. The van der Waals surface area contributed by atoms with Crippen molar-refractivity contribution in [1.82, 2.24) is 0 Å². The second-order valence-electron chi connectivity index (χ2n) is 5.40. The lowest BCUT2D eigenvalue weighted by Gasteiger charge is -2.10. The summed E-state index contributed by atoms with van der Waals surface area (Å²) < 4.78 is 1.68. The second-order valence-corrected chi connectivity index (χ2v) is 5.40. The van der Waals surface area contributed by atoms with E-state index in [-0.39, 0.29) is 17.5 Å². The number of Topliss-reactive ketones (excluding diaryl/α,β-unsaturated/α-hetero) is 2. The van der Waals surface area contributed by atoms with Gasteiger partial charge in [0.15, 0.2) is 24.0 Å². The van der Waals surface area contributed by atoms with Crippen LogP contribution in [0.3, 0.4) is 0 Å². The van der Waals surface area contributed by atoms with Crippen LogP contribution in [-0.2, 0) is 4.79 Å². The van der Waals surface area contributed by atoms with Crippen molar-refractivity contribution in [3.8, 4) is 0 Å². The first kappa shape index (κ1) is 16.5. The zero-order valence-corrected chi connectivity index (χ0v) is 13.4. The second kappa shape index (κ2) is 6.96. The maximum absolute atomic E-state index is 12.4.